The van der Waals surface area contributed by atoms with Crippen LogP contribution in [0, 0.1) is 0 Å². The van der Waals surface area contributed by atoms with Crippen molar-refractivity contribution in [1.82, 2.24) is 4.98 Å². The summed E-state index contributed by atoms with van der Waals surface area (Å²) in [5, 5.41) is 3.82. The van der Waals surface area contributed by atoms with E-state index in [1.54, 1.807) is 49.6 Å². The van der Waals surface area contributed by atoms with Crippen LogP contribution in [-0.4, -0.2) is 16.7 Å². The normalized spacial score (nSPS) is 11.2. The Morgan fingerprint density at radius 2 is 1.95 bits per heavy atom. The third kappa shape index (κ3) is 3.72. The summed E-state index contributed by atoms with van der Waals surface area (Å²) in [7, 11) is 0. The molecule has 0 unspecified atom stereocenters. The smallest absolute Gasteiger partial charge is 0.313 e. The Morgan fingerprint density at radius 1 is 1.21 bits per heavy atom. The number of rotatable bonds is 3. The zero-order valence-electron chi connectivity index (χ0n) is 10.2. The van der Waals surface area contributed by atoms with Crippen LogP contribution < -0.4 is 0 Å². The van der Waals surface area contributed by atoms with E-state index in [0.29, 0.717) is 11.3 Å². The fourth-order valence-electron chi connectivity index (χ4n) is 1.42. The molecule has 4 nitrogen and oxygen atoms in total. The van der Waals surface area contributed by atoms with Crippen molar-refractivity contribution in [2.75, 3.05) is 0 Å². The molecule has 0 bridgehead atoms. The highest BCUT2D eigenvalue weighted by molar-refractivity contribution is 9.10. The molecule has 1 heterocycles. The number of hydrogen-bond acceptors (Lipinski definition) is 4. The first-order valence-corrected chi connectivity index (χ1v) is 6.38. The summed E-state index contributed by atoms with van der Waals surface area (Å²) in [5.74, 6) is -0.491. The van der Waals surface area contributed by atoms with Crippen molar-refractivity contribution < 1.29 is 9.63 Å². The summed E-state index contributed by atoms with van der Waals surface area (Å²) in [6.45, 7) is 1.77. The third-order valence-electron chi connectivity index (χ3n) is 2.42. The van der Waals surface area contributed by atoms with Gasteiger partial charge in [0.05, 0.1) is 11.3 Å². The number of halogens is 1. The summed E-state index contributed by atoms with van der Waals surface area (Å²) in [6.07, 6.45) is 3.31. The van der Waals surface area contributed by atoms with Gasteiger partial charge in [-0.3, -0.25) is 4.98 Å². The van der Waals surface area contributed by atoms with E-state index in [1.165, 1.54) is 0 Å². The zero-order chi connectivity index (χ0) is 13.7. The SMILES string of the molecule is C/C(=N/OC(=O)c1cccc(Br)c1)c1ccncc1. The largest absolute Gasteiger partial charge is 0.365 e. The van der Waals surface area contributed by atoms with Gasteiger partial charge in [-0.05, 0) is 37.3 Å². The zero-order valence-corrected chi connectivity index (χ0v) is 11.8. The second-order valence-electron chi connectivity index (χ2n) is 3.80. The number of oxime groups is 1. The Balaban J connectivity index is 2.08. The fraction of sp³-hybridized carbons (Fsp3) is 0.0714. The first-order chi connectivity index (χ1) is 9.16. The van der Waals surface area contributed by atoms with Crippen LogP contribution in [0.2, 0.25) is 0 Å². The third-order valence-corrected chi connectivity index (χ3v) is 2.92. The van der Waals surface area contributed by atoms with Gasteiger partial charge in [0.15, 0.2) is 0 Å². The molecule has 0 saturated heterocycles. The number of benzene rings is 1. The van der Waals surface area contributed by atoms with Crippen molar-refractivity contribution in [3.8, 4) is 0 Å². The highest BCUT2D eigenvalue weighted by Gasteiger charge is 2.07. The molecule has 0 fully saturated rings. The van der Waals surface area contributed by atoms with Crippen molar-refractivity contribution in [2.45, 2.75) is 6.92 Å². The lowest BCUT2D eigenvalue weighted by atomic mass is 10.2. The van der Waals surface area contributed by atoms with Crippen LogP contribution in [0.1, 0.15) is 22.8 Å². The molecule has 1 aromatic heterocycles. The number of pyridine rings is 1. The molecule has 1 aromatic carbocycles. The van der Waals surface area contributed by atoms with Crippen LogP contribution in [0.25, 0.3) is 0 Å². The maximum atomic E-state index is 11.8. The summed E-state index contributed by atoms with van der Waals surface area (Å²) < 4.78 is 0.816. The van der Waals surface area contributed by atoms with Crippen molar-refractivity contribution in [1.29, 1.82) is 0 Å². The van der Waals surface area contributed by atoms with Gasteiger partial charge in [0.25, 0.3) is 0 Å². The summed E-state index contributed by atoms with van der Waals surface area (Å²) >= 11 is 3.30. The van der Waals surface area contributed by atoms with Gasteiger partial charge in [0.1, 0.15) is 0 Å². The van der Waals surface area contributed by atoms with Gasteiger partial charge in [0, 0.05) is 22.4 Å². The Morgan fingerprint density at radius 3 is 2.63 bits per heavy atom. The summed E-state index contributed by atoms with van der Waals surface area (Å²) in [6, 6.07) is 10.5. The van der Waals surface area contributed by atoms with Gasteiger partial charge in [-0.15, -0.1) is 0 Å². The van der Waals surface area contributed by atoms with Gasteiger partial charge < -0.3 is 4.84 Å². The molecule has 0 aliphatic heterocycles. The van der Waals surface area contributed by atoms with Crippen LogP contribution >= 0.6 is 15.9 Å². The second-order valence-corrected chi connectivity index (χ2v) is 4.72. The number of carbonyl (C=O) groups excluding carboxylic acids is 1. The predicted octanol–water partition coefficient (Wildman–Crippen LogP) is 3.43. The van der Waals surface area contributed by atoms with E-state index in [2.05, 4.69) is 26.1 Å². The standard InChI is InChI=1S/C14H11BrN2O2/c1-10(11-5-7-16-8-6-11)17-19-14(18)12-3-2-4-13(15)9-12/h2-9H,1H3/b17-10-. The molecule has 2 rings (SSSR count). The van der Waals surface area contributed by atoms with Gasteiger partial charge >= 0.3 is 5.97 Å². The van der Waals surface area contributed by atoms with Crippen molar-refractivity contribution in [2.24, 2.45) is 5.16 Å². The predicted molar refractivity (Wildman–Crippen MR) is 76.0 cm³/mol. The summed E-state index contributed by atoms with van der Waals surface area (Å²) in [4.78, 5) is 20.6. The maximum Gasteiger partial charge on any atom is 0.365 e. The van der Waals surface area contributed by atoms with Gasteiger partial charge in [0.2, 0.25) is 0 Å². The first-order valence-electron chi connectivity index (χ1n) is 5.59. The van der Waals surface area contributed by atoms with Crippen LogP contribution in [0.4, 0.5) is 0 Å². The lowest BCUT2D eigenvalue weighted by molar-refractivity contribution is 0.0516. The highest BCUT2D eigenvalue weighted by Crippen LogP contribution is 2.12. The average molecular weight is 319 g/mol. The van der Waals surface area contributed by atoms with Gasteiger partial charge in [-0.1, -0.05) is 27.2 Å². The van der Waals surface area contributed by atoms with Crippen LogP contribution in [0.3, 0.4) is 0 Å². The lowest BCUT2D eigenvalue weighted by Crippen LogP contribution is -2.03. The Hall–Kier alpha value is -2.01. The monoisotopic (exact) mass is 318 g/mol. The molecule has 5 heteroatoms. The molecule has 0 aliphatic rings. The summed E-state index contributed by atoms with van der Waals surface area (Å²) in [5.41, 5.74) is 1.92. The van der Waals surface area contributed by atoms with Crippen molar-refractivity contribution >= 4 is 27.6 Å². The Kier molecular flexibility index (Phi) is 4.41. The molecule has 0 aliphatic carbocycles. The van der Waals surface area contributed by atoms with Crippen LogP contribution in [0.5, 0.6) is 0 Å². The molecule has 2 aromatic rings. The molecule has 0 radical (unpaired) electrons. The quantitative estimate of drug-likeness (QED) is 0.495. The first kappa shape index (κ1) is 13.4. The molecule has 0 spiro atoms. The molecule has 96 valence electrons. The second kappa shape index (κ2) is 6.24. The molecular weight excluding hydrogens is 308 g/mol. The van der Waals surface area contributed by atoms with E-state index in [4.69, 9.17) is 4.84 Å². The molecular formula is C14H11BrN2O2. The molecule has 0 atom stereocenters. The topological polar surface area (TPSA) is 51.5 Å². The maximum absolute atomic E-state index is 11.8. The number of aromatic nitrogens is 1. The highest BCUT2D eigenvalue weighted by atomic mass is 79.9. The molecule has 0 N–H and O–H groups in total. The van der Waals surface area contributed by atoms with Gasteiger partial charge in [-0.25, -0.2) is 4.79 Å². The number of nitrogens with zero attached hydrogens (tertiary/aromatic N) is 2. The Bertz CT molecular complexity index is 612. The molecule has 19 heavy (non-hydrogen) atoms. The lowest BCUT2D eigenvalue weighted by Gasteiger charge is -2.01. The van der Waals surface area contributed by atoms with Crippen molar-refractivity contribution in [3.05, 3.63) is 64.4 Å². The fourth-order valence-corrected chi connectivity index (χ4v) is 1.82. The minimum atomic E-state index is -0.491. The van der Waals surface area contributed by atoms with E-state index in [0.717, 1.165) is 10.0 Å². The minimum Gasteiger partial charge on any atom is -0.313 e. The molecule has 0 amide bonds. The van der Waals surface area contributed by atoms with Crippen LogP contribution in [0.15, 0.2) is 58.4 Å². The van der Waals surface area contributed by atoms with Crippen LogP contribution in [-0.2, 0) is 4.84 Å². The average Bonchev–Trinajstić information content (AvgIpc) is 2.45. The Labute approximate surface area is 119 Å². The van der Waals surface area contributed by atoms with E-state index in [-0.39, 0.29) is 0 Å². The molecule has 0 saturated carbocycles. The van der Waals surface area contributed by atoms with E-state index in [9.17, 15) is 4.79 Å². The van der Waals surface area contributed by atoms with E-state index in [1.807, 2.05) is 6.07 Å². The van der Waals surface area contributed by atoms with E-state index >= 15 is 0 Å². The minimum absolute atomic E-state index is 0.445. The van der Waals surface area contributed by atoms with E-state index < -0.39 is 5.97 Å². The van der Waals surface area contributed by atoms with Gasteiger partial charge in [-0.2, -0.15) is 0 Å². The number of carbonyl (C=O) groups is 1. The number of hydrogen-bond donors (Lipinski definition) is 0. The van der Waals surface area contributed by atoms with Crippen molar-refractivity contribution in [3.63, 3.8) is 0 Å².